The van der Waals surface area contributed by atoms with Crippen molar-refractivity contribution in [3.8, 4) is 0 Å². The van der Waals surface area contributed by atoms with E-state index in [9.17, 15) is 9.59 Å². The zero-order valence-corrected chi connectivity index (χ0v) is 10.3. The molecule has 0 spiro atoms. The fraction of sp³-hybridized carbons (Fsp3) is 0.583. The molecular weight excluding hydrogens is 234 g/mol. The Hall–Kier alpha value is -1.85. The van der Waals surface area contributed by atoms with Crippen LogP contribution in [0.2, 0.25) is 0 Å². The Bertz CT molecular complexity index is 455. The van der Waals surface area contributed by atoms with Gasteiger partial charge in [0.1, 0.15) is 0 Å². The number of nitrogens with zero attached hydrogens (tertiary/aromatic N) is 2. The minimum atomic E-state index is -0.867. The van der Waals surface area contributed by atoms with Crippen molar-refractivity contribution in [3.63, 3.8) is 0 Å². The first-order valence-corrected chi connectivity index (χ1v) is 6.06. The number of amides is 1. The fourth-order valence-electron chi connectivity index (χ4n) is 2.45. The molecule has 1 aromatic rings. The second-order valence-corrected chi connectivity index (χ2v) is 4.72. The van der Waals surface area contributed by atoms with E-state index in [2.05, 4.69) is 10.4 Å². The fourth-order valence-corrected chi connectivity index (χ4v) is 2.45. The van der Waals surface area contributed by atoms with E-state index in [4.69, 9.17) is 5.11 Å². The van der Waals surface area contributed by atoms with E-state index in [1.165, 1.54) is 0 Å². The van der Waals surface area contributed by atoms with E-state index in [1.54, 1.807) is 10.9 Å². The monoisotopic (exact) mass is 251 g/mol. The van der Waals surface area contributed by atoms with Crippen LogP contribution in [0.15, 0.2) is 12.4 Å². The summed E-state index contributed by atoms with van der Waals surface area (Å²) < 4.78 is 1.66. The number of rotatable bonds is 4. The van der Waals surface area contributed by atoms with E-state index >= 15 is 0 Å². The first-order valence-electron chi connectivity index (χ1n) is 6.06. The van der Waals surface area contributed by atoms with Gasteiger partial charge in [0.25, 0.3) is 0 Å². The number of carboxylic acid groups (broad SMARTS) is 1. The maximum absolute atomic E-state index is 11.9. The van der Waals surface area contributed by atoms with Crippen molar-refractivity contribution in [1.82, 2.24) is 15.1 Å². The molecule has 2 atom stereocenters. The lowest BCUT2D eigenvalue weighted by molar-refractivity contribution is -0.146. The SMILES string of the molecule is Cn1cc(CNC(=O)C2CCCC2C(=O)O)cn1. The first kappa shape index (κ1) is 12.6. The van der Waals surface area contributed by atoms with Gasteiger partial charge in [0.05, 0.1) is 18.0 Å². The molecular formula is C12H17N3O3. The average molecular weight is 251 g/mol. The molecule has 1 aliphatic carbocycles. The van der Waals surface area contributed by atoms with Gasteiger partial charge in [-0.2, -0.15) is 5.10 Å². The number of carbonyl (C=O) groups is 2. The predicted octanol–water partition coefficient (Wildman–Crippen LogP) is 0.537. The molecule has 2 unspecified atom stereocenters. The third-order valence-corrected chi connectivity index (χ3v) is 3.40. The van der Waals surface area contributed by atoms with Gasteiger partial charge in [-0.15, -0.1) is 0 Å². The van der Waals surface area contributed by atoms with Crippen molar-refractivity contribution in [3.05, 3.63) is 18.0 Å². The number of carboxylic acids is 1. The Labute approximate surface area is 105 Å². The summed E-state index contributed by atoms with van der Waals surface area (Å²) in [5.41, 5.74) is 0.913. The van der Waals surface area contributed by atoms with Gasteiger partial charge in [0, 0.05) is 25.4 Å². The topological polar surface area (TPSA) is 84.2 Å². The molecule has 18 heavy (non-hydrogen) atoms. The molecule has 1 amide bonds. The van der Waals surface area contributed by atoms with Crippen LogP contribution in [-0.4, -0.2) is 26.8 Å². The van der Waals surface area contributed by atoms with Crippen molar-refractivity contribution < 1.29 is 14.7 Å². The molecule has 6 nitrogen and oxygen atoms in total. The van der Waals surface area contributed by atoms with Gasteiger partial charge in [0.2, 0.25) is 5.91 Å². The van der Waals surface area contributed by atoms with Gasteiger partial charge in [-0.05, 0) is 12.8 Å². The predicted molar refractivity (Wildman–Crippen MR) is 63.5 cm³/mol. The van der Waals surface area contributed by atoms with Gasteiger partial charge >= 0.3 is 5.97 Å². The van der Waals surface area contributed by atoms with Crippen molar-refractivity contribution in [1.29, 1.82) is 0 Å². The zero-order chi connectivity index (χ0) is 13.1. The summed E-state index contributed by atoms with van der Waals surface area (Å²) in [6.45, 7) is 0.398. The normalized spacial score (nSPS) is 22.9. The number of aryl methyl sites for hydroxylation is 1. The summed E-state index contributed by atoms with van der Waals surface area (Å²) in [7, 11) is 1.81. The van der Waals surface area contributed by atoms with E-state index in [-0.39, 0.29) is 11.8 Å². The highest BCUT2D eigenvalue weighted by molar-refractivity contribution is 5.85. The Balaban J connectivity index is 1.89. The molecule has 1 aliphatic rings. The lowest BCUT2D eigenvalue weighted by Crippen LogP contribution is -2.34. The van der Waals surface area contributed by atoms with Crippen LogP contribution in [-0.2, 0) is 23.2 Å². The summed E-state index contributed by atoms with van der Waals surface area (Å²) in [6, 6.07) is 0. The maximum atomic E-state index is 11.9. The highest BCUT2D eigenvalue weighted by atomic mass is 16.4. The molecule has 0 aliphatic heterocycles. The number of aromatic nitrogens is 2. The first-order chi connectivity index (χ1) is 8.58. The molecule has 1 aromatic heterocycles. The van der Waals surface area contributed by atoms with Gasteiger partial charge in [-0.25, -0.2) is 0 Å². The lowest BCUT2D eigenvalue weighted by Gasteiger charge is -2.15. The molecule has 6 heteroatoms. The average Bonchev–Trinajstić information content (AvgIpc) is 2.94. The molecule has 0 bridgehead atoms. The smallest absolute Gasteiger partial charge is 0.307 e. The molecule has 1 saturated carbocycles. The van der Waals surface area contributed by atoms with Crippen LogP contribution < -0.4 is 5.32 Å². The van der Waals surface area contributed by atoms with E-state index in [0.29, 0.717) is 19.4 Å². The molecule has 2 N–H and O–H groups in total. The maximum Gasteiger partial charge on any atom is 0.307 e. The van der Waals surface area contributed by atoms with Gasteiger partial charge < -0.3 is 10.4 Å². The van der Waals surface area contributed by atoms with Gasteiger partial charge in [0.15, 0.2) is 0 Å². The number of carbonyl (C=O) groups excluding carboxylic acids is 1. The van der Waals surface area contributed by atoms with Gasteiger partial charge in [-0.1, -0.05) is 6.42 Å². The van der Waals surface area contributed by atoms with Gasteiger partial charge in [-0.3, -0.25) is 14.3 Å². The van der Waals surface area contributed by atoms with Crippen molar-refractivity contribution >= 4 is 11.9 Å². The van der Waals surface area contributed by atoms with Crippen LogP contribution in [0.25, 0.3) is 0 Å². The van der Waals surface area contributed by atoms with Crippen LogP contribution in [0.4, 0.5) is 0 Å². The molecule has 1 heterocycles. The molecule has 0 saturated heterocycles. The second-order valence-electron chi connectivity index (χ2n) is 4.72. The van der Waals surface area contributed by atoms with Crippen molar-refractivity contribution in [2.75, 3.05) is 0 Å². The summed E-state index contributed by atoms with van der Waals surface area (Å²) in [5, 5.41) is 15.8. The molecule has 2 rings (SSSR count). The van der Waals surface area contributed by atoms with Crippen LogP contribution in [0.3, 0.4) is 0 Å². The number of hydrogen-bond acceptors (Lipinski definition) is 3. The molecule has 1 fully saturated rings. The molecule has 0 aromatic carbocycles. The number of aliphatic carboxylic acids is 1. The Morgan fingerprint density at radius 1 is 1.50 bits per heavy atom. The standard InChI is InChI=1S/C12H17N3O3/c1-15-7-8(6-14-15)5-13-11(16)9-3-2-4-10(9)12(17)18/h6-7,9-10H,2-5H2,1H3,(H,13,16)(H,17,18). The zero-order valence-electron chi connectivity index (χ0n) is 10.3. The largest absolute Gasteiger partial charge is 0.481 e. The minimum Gasteiger partial charge on any atom is -0.481 e. The summed E-state index contributed by atoms with van der Waals surface area (Å²) >= 11 is 0. The van der Waals surface area contributed by atoms with Crippen LogP contribution in [0.5, 0.6) is 0 Å². The minimum absolute atomic E-state index is 0.163. The number of nitrogens with one attached hydrogen (secondary N) is 1. The van der Waals surface area contributed by atoms with E-state index < -0.39 is 11.9 Å². The summed E-state index contributed by atoms with van der Waals surface area (Å²) in [4.78, 5) is 22.9. The Kier molecular flexibility index (Phi) is 3.64. The molecule has 0 radical (unpaired) electrons. The highest BCUT2D eigenvalue weighted by Gasteiger charge is 2.37. The molecule has 98 valence electrons. The number of hydrogen-bond donors (Lipinski definition) is 2. The Morgan fingerprint density at radius 3 is 2.83 bits per heavy atom. The quantitative estimate of drug-likeness (QED) is 0.818. The van der Waals surface area contributed by atoms with Crippen LogP contribution >= 0.6 is 0 Å². The second kappa shape index (κ2) is 5.20. The summed E-state index contributed by atoms with van der Waals surface area (Å²) in [5.74, 6) is -1.95. The third-order valence-electron chi connectivity index (χ3n) is 3.40. The van der Waals surface area contributed by atoms with Crippen molar-refractivity contribution in [2.45, 2.75) is 25.8 Å². The van der Waals surface area contributed by atoms with E-state index in [0.717, 1.165) is 12.0 Å². The summed E-state index contributed by atoms with van der Waals surface area (Å²) in [6.07, 6.45) is 5.57. The van der Waals surface area contributed by atoms with Crippen LogP contribution in [0, 0.1) is 11.8 Å². The Morgan fingerprint density at radius 2 is 2.22 bits per heavy atom. The van der Waals surface area contributed by atoms with Crippen molar-refractivity contribution in [2.24, 2.45) is 18.9 Å². The van der Waals surface area contributed by atoms with Crippen LogP contribution in [0.1, 0.15) is 24.8 Å². The lowest BCUT2D eigenvalue weighted by atomic mass is 9.95. The highest BCUT2D eigenvalue weighted by Crippen LogP contribution is 2.32. The van der Waals surface area contributed by atoms with E-state index in [1.807, 2.05) is 13.2 Å². The third kappa shape index (κ3) is 2.69.